The van der Waals surface area contributed by atoms with E-state index in [0.717, 1.165) is 25.3 Å². The SMILES string of the molecule is C[C@@H]1C[C@H](C)CN(Cc2csc(NC(=O)Cn3c(=O)oc4ccccc43)n2)C1. The lowest BCUT2D eigenvalue weighted by atomic mass is 9.92. The molecular formula is C20H24N4O3S. The molecule has 7 nitrogen and oxygen atoms in total. The predicted octanol–water partition coefficient (Wildman–Crippen LogP) is 3.17. The van der Waals surface area contributed by atoms with Gasteiger partial charge in [0.15, 0.2) is 10.7 Å². The first kappa shape index (κ1) is 18.9. The number of amides is 1. The Morgan fingerprint density at radius 3 is 2.82 bits per heavy atom. The molecule has 2 atom stereocenters. The van der Waals surface area contributed by atoms with E-state index in [9.17, 15) is 9.59 Å². The Hall–Kier alpha value is -2.45. The Labute approximate surface area is 167 Å². The third kappa shape index (κ3) is 4.18. The van der Waals surface area contributed by atoms with Crippen LogP contribution in [-0.2, 0) is 17.9 Å². The quantitative estimate of drug-likeness (QED) is 0.712. The minimum atomic E-state index is -0.537. The van der Waals surface area contributed by atoms with Crippen molar-refractivity contribution in [2.45, 2.75) is 33.4 Å². The molecule has 0 spiro atoms. The summed E-state index contributed by atoms with van der Waals surface area (Å²) < 4.78 is 6.49. The van der Waals surface area contributed by atoms with E-state index in [1.54, 1.807) is 24.3 Å². The highest BCUT2D eigenvalue weighted by Crippen LogP contribution is 2.24. The second-order valence-electron chi connectivity index (χ2n) is 7.75. The third-order valence-corrected chi connectivity index (χ3v) is 5.81. The van der Waals surface area contributed by atoms with Crippen molar-refractivity contribution in [2.24, 2.45) is 11.8 Å². The Morgan fingerprint density at radius 2 is 2.04 bits per heavy atom. The number of fused-ring (bicyclic) bond motifs is 1. The van der Waals surface area contributed by atoms with Gasteiger partial charge in [0.1, 0.15) is 6.54 Å². The minimum absolute atomic E-state index is 0.105. The van der Waals surface area contributed by atoms with Gasteiger partial charge in [-0.15, -0.1) is 11.3 Å². The number of nitrogens with one attached hydrogen (secondary N) is 1. The largest absolute Gasteiger partial charge is 0.420 e. The molecule has 0 saturated carbocycles. The fourth-order valence-electron chi connectivity index (χ4n) is 4.05. The van der Waals surface area contributed by atoms with Crippen LogP contribution in [0.2, 0.25) is 0 Å². The van der Waals surface area contributed by atoms with Gasteiger partial charge in [0.25, 0.3) is 0 Å². The zero-order valence-electron chi connectivity index (χ0n) is 16.1. The van der Waals surface area contributed by atoms with Gasteiger partial charge in [0.2, 0.25) is 5.91 Å². The maximum atomic E-state index is 12.4. The number of nitrogens with zero attached hydrogens (tertiary/aromatic N) is 3. The first-order valence-electron chi connectivity index (χ1n) is 9.53. The fraction of sp³-hybridized carbons (Fsp3) is 0.450. The van der Waals surface area contributed by atoms with Gasteiger partial charge < -0.3 is 9.73 Å². The molecule has 1 amide bonds. The normalized spacial score (nSPS) is 20.5. The van der Waals surface area contributed by atoms with Crippen LogP contribution in [0.1, 0.15) is 26.0 Å². The van der Waals surface area contributed by atoms with E-state index in [4.69, 9.17) is 4.42 Å². The first-order valence-corrected chi connectivity index (χ1v) is 10.4. The molecule has 0 bridgehead atoms. The van der Waals surface area contributed by atoms with E-state index in [1.807, 2.05) is 5.38 Å². The molecule has 1 aromatic carbocycles. The molecule has 0 radical (unpaired) electrons. The van der Waals surface area contributed by atoms with Crippen LogP contribution in [0.25, 0.3) is 11.1 Å². The Kier molecular flexibility index (Phi) is 5.32. The molecule has 28 heavy (non-hydrogen) atoms. The Bertz CT molecular complexity index is 1030. The molecule has 4 rings (SSSR count). The molecule has 0 aliphatic carbocycles. The van der Waals surface area contributed by atoms with E-state index in [1.165, 1.54) is 22.3 Å². The predicted molar refractivity (Wildman–Crippen MR) is 109 cm³/mol. The van der Waals surface area contributed by atoms with Crippen LogP contribution < -0.4 is 11.1 Å². The lowest BCUT2D eigenvalue weighted by molar-refractivity contribution is -0.116. The molecule has 148 valence electrons. The number of hydrogen-bond acceptors (Lipinski definition) is 6. The summed E-state index contributed by atoms with van der Waals surface area (Å²) >= 11 is 1.41. The molecule has 3 aromatic rings. The lowest BCUT2D eigenvalue weighted by Gasteiger charge is -2.34. The highest BCUT2D eigenvalue weighted by Gasteiger charge is 2.22. The summed E-state index contributed by atoms with van der Waals surface area (Å²) in [4.78, 5) is 31.4. The molecule has 8 heteroatoms. The maximum Gasteiger partial charge on any atom is 0.420 e. The number of aromatic nitrogens is 2. The number of rotatable bonds is 5. The van der Waals surface area contributed by atoms with Gasteiger partial charge in [-0.05, 0) is 30.4 Å². The standard InChI is InChI=1S/C20H24N4O3S/c1-13-7-14(2)9-23(8-13)10-15-12-28-19(21-15)22-18(25)11-24-16-5-3-4-6-17(16)27-20(24)26/h3-6,12-14H,7-11H2,1-2H3,(H,21,22,25)/t13-,14+. The summed E-state index contributed by atoms with van der Waals surface area (Å²) in [5.41, 5.74) is 2.05. The van der Waals surface area contributed by atoms with E-state index in [0.29, 0.717) is 28.1 Å². The number of piperidine rings is 1. The third-order valence-electron chi connectivity index (χ3n) is 5.00. The van der Waals surface area contributed by atoms with E-state index < -0.39 is 5.76 Å². The summed E-state index contributed by atoms with van der Waals surface area (Å²) in [7, 11) is 0. The number of carbonyl (C=O) groups excluding carboxylic acids is 1. The number of oxazole rings is 1. The van der Waals surface area contributed by atoms with Gasteiger partial charge >= 0.3 is 5.76 Å². The molecule has 0 unspecified atom stereocenters. The van der Waals surface area contributed by atoms with E-state index in [-0.39, 0.29) is 12.5 Å². The number of benzene rings is 1. The number of para-hydroxylation sites is 2. The van der Waals surface area contributed by atoms with Crippen LogP contribution in [0.15, 0.2) is 38.9 Å². The van der Waals surface area contributed by atoms with Gasteiger partial charge in [0.05, 0.1) is 11.2 Å². The van der Waals surface area contributed by atoms with Crippen molar-refractivity contribution in [1.82, 2.24) is 14.5 Å². The van der Waals surface area contributed by atoms with Crippen LogP contribution in [0.4, 0.5) is 5.13 Å². The highest BCUT2D eigenvalue weighted by molar-refractivity contribution is 7.13. The van der Waals surface area contributed by atoms with Crippen LogP contribution in [0, 0.1) is 11.8 Å². The number of carbonyl (C=O) groups is 1. The average molecular weight is 401 g/mol. The number of hydrogen-bond donors (Lipinski definition) is 1. The summed E-state index contributed by atoms with van der Waals surface area (Å²) in [6, 6.07) is 7.06. The van der Waals surface area contributed by atoms with E-state index >= 15 is 0 Å². The Balaban J connectivity index is 1.39. The lowest BCUT2D eigenvalue weighted by Crippen LogP contribution is -2.38. The van der Waals surface area contributed by atoms with Crippen molar-refractivity contribution in [3.63, 3.8) is 0 Å². The van der Waals surface area contributed by atoms with Crippen LogP contribution in [-0.4, -0.2) is 33.4 Å². The summed E-state index contributed by atoms with van der Waals surface area (Å²) in [6.07, 6.45) is 1.27. The van der Waals surface area contributed by atoms with Crippen molar-refractivity contribution in [1.29, 1.82) is 0 Å². The molecule has 1 N–H and O–H groups in total. The van der Waals surface area contributed by atoms with Crippen molar-refractivity contribution in [3.8, 4) is 0 Å². The second kappa shape index (κ2) is 7.89. The zero-order valence-corrected chi connectivity index (χ0v) is 16.9. The molecule has 1 saturated heterocycles. The summed E-state index contributed by atoms with van der Waals surface area (Å²) in [5.74, 6) is 0.564. The van der Waals surface area contributed by atoms with Crippen molar-refractivity contribution < 1.29 is 9.21 Å². The molecule has 1 fully saturated rings. The number of thiazole rings is 1. The molecular weight excluding hydrogens is 376 g/mol. The van der Waals surface area contributed by atoms with Crippen LogP contribution in [0.5, 0.6) is 0 Å². The van der Waals surface area contributed by atoms with Crippen molar-refractivity contribution in [2.75, 3.05) is 18.4 Å². The molecule has 1 aliphatic rings. The molecule has 3 heterocycles. The van der Waals surface area contributed by atoms with Gasteiger partial charge in [0, 0.05) is 25.0 Å². The van der Waals surface area contributed by atoms with Crippen LogP contribution in [0.3, 0.4) is 0 Å². The van der Waals surface area contributed by atoms with E-state index in [2.05, 4.69) is 29.0 Å². The maximum absolute atomic E-state index is 12.4. The fourth-order valence-corrected chi connectivity index (χ4v) is 4.77. The number of likely N-dealkylation sites (tertiary alicyclic amines) is 1. The smallest absolute Gasteiger partial charge is 0.408 e. The van der Waals surface area contributed by atoms with Crippen molar-refractivity contribution in [3.05, 3.63) is 45.9 Å². The minimum Gasteiger partial charge on any atom is -0.408 e. The number of anilines is 1. The highest BCUT2D eigenvalue weighted by atomic mass is 32.1. The topological polar surface area (TPSA) is 80.4 Å². The Morgan fingerprint density at radius 1 is 1.29 bits per heavy atom. The molecule has 2 aromatic heterocycles. The van der Waals surface area contributed by atoms with Gasteiger partial charge in [-0.3, -0.25) is 14.3 Å². The zero-order chi connectivity index (χ0) is 19.7. The van der Waals surface area contributed by atoms with Gasteiger partial charge in [-0.1, -0.05) is 26.0 Å². The van der Waals surface area contributed by atoms with Gasteiger partial charge in [-0.2, -0.15) is 0 Å². The van der Waals surface area contributed by atoms with Gasteiger partial charge in [-0.25, -0.2) is 9.78 Å². The monoisotopic (exact) mass is 400 g/mol. The summed E-state index contributed by atoms with van der Waals surface area (Å²) in [5, 5.41) is 5.34. The molecule has 1 aliphatic heterocycles. The van der Waals surface area contributed by atoms with Crippen molar-refractivity contribution >= 4 is 33.5 Å². The first-order chi connectivity index (χ1) is 13.5. The second-order valence-corrected chi connectivity index (χ2v) is 8.61. The summed E-state index contributed by atoms with van der Waals surface area (Å²) in [6.45, 7) is 7.44. The van der Waals surface area contributed by atoms with Crippen LogP contribution >= 0.6 is 11.3 Å². The average Bonchev–Trinajstić information content (AvgIpc) is 3.18.